The van der Waals surface area contributed by atoms with Crippen LogP contribution in [0.5, 0.6) is 0 Å². The van der Waals surface area contributed by atoms with Crippen molar-refractivity contribution in [3.8, 4) is 0 Å². The number of thiocarbonyl (C=S) groups is 1. The van der Waals surface area contributed by atoms with Gasteiger partial charge < -0.3 is 4.74 Å². The predicted octanol–water partition coefficient (Wildman–Crippen LogP) is 6.83. The van der Waals surface area contributed by atoms with E-state index in [1.54, 1.807) is 0 Å². The Balaban J connectivity index is 3.01. The fraction of sp³-hybridized carbons (Fsp3) is 0.944. The van der Waals surface area contributed by atoms with Gasteiger partial charge in [0.05, 0.1) is 6.61 Å². The molecule has 0 aliphatic rings. The van der Waals surface area contributed by atoms with E-state index in [4.69, 9.17) is 17.0 Å². The number of rotatable bonds is 15. The second-order valence-corrected chi connectivity index (χ2v) is 6.31. The summed E-state index contributed by atoms with van der Waals surface area (Å²) in [6.45, 7) is 5.25. The largest absolute Gasteiger partial charge is 0.487 e. The summed E-state index contributed by atoms with van der Waals surface area (Å²) in [6, 6.07) is 0. The fourth-order valence-corrected chi connectivity index (χ4v) is 2.69. The Morgan fingerprint density at radius 3 is 1.55 bits per heavy atom. The zero-order chi connectivity index (χ0) is 14.9. The molecule has 0 rings (SSSR count). The summed E-state index contributed by atoms with van der Waals surface area (Å²) in [5, 5.41) is 0.801. The molecule has 0 radical (unpaired) electrons. The maximum Gasteiger partial charge on any atom is 0.159 e. The van der Waals surface area contributed by atoms with Crippen molar-refractivity contribution in [1.82, 2.24) is 0 Å². The zero-order valence-electron chi connectivity index (χ0n) is 13.9. The van der Waals surface area contributed by atoms with E-state index in [1.165, 1.54) is 77.0 Å². The van der Waals surface area contributed by atoms with Crippen LogP contribution in [0.4, 0.5) is 0 Å². The van der Waals surface area contributed by atoms with Gasteiger partial charge in [-0.05, 0) is 25.1 Å². The number of hydrogen-bond acceptors (Lipinski definition) is 2. The van der Waals surface area contributed by atoms with E-state index >= 15 is 0 Å². The van der Waals surface area contributed by atoms with E-state index < -0.39 is 0 Å². The number of unbranched alkanes of at least 4 members (excludes halogenated alkanes) is 11. The first kappa shape index (κ1) is 19.9. The fourth-order valence-electron chi connectivity index (χ4n) is 2.41. The number of ether oxygens (including phenoxy) is 1. The molecule has 0 aliphatic heterocycles. The van der Waals surface area contributed by atoms with E-state index in [0.717, 1.165) is 24.5 Å². The van der Waals surface area contributed by atoms with Crippen molar-refractivity contribution in [3.63, 3.8) is 0 Å². The van der Waals surface area contributed by atoms with Gasteiger partial charge in [0.1, 0.15) is 0 Å². The molecule has 0 heterocycles. The first-order valence-electron chi connectivity index (χ1n) is 8.96. The molecule has 120 valence electrons. The maximum atomic E-state index is 5.51. The molecule has 2 heteroatoms. The highest BCUT2D eigenvalue weighted by Crippen LogP contribution is 2.12. The molecule has 20 heavy (non-hydrogen) atoms. The summed E-state index contributed by atoms with van der Waals surface area (Å²) >= 11 is 5.12. The van der Waals surface area contributed by atoms with Crippen LogP contribution in [0.15, 0.2) is 0 Å². The van der Waals surface area contributed by atoms with E-state index in [0.29, 0.717) is 0 Å². The molecule has 0 N–H and O–H groups in total. The topological polar surface area (TPSA) is 9.23 Å². The van der Waals surface area contributed by atoms with Crippen LogP contribution in [0.2, 0.25) is 0 Å². The van der Waals surface area contributed by atoms with Gasteiger partial charge in [-0.2, -0.15) is 0 Å². The average Bonchev–Trinajstić information content (AvgIpc) is 2.44. The van der Waals surface area contributed by atoms with Crippen molar-refractivity contribution in [2.24, 2.45) is 0 Å². The summed E-state index contributed by atoms with van der Waals surface area (Å²) in [5.74, 6) is 0. The molecule has 0 aromatic rings. The van der Waals surface area contributed by atoms with Gasteiger partial charge in [0.15, 0.2) is 5.05 Å². The Bertz CT molecular complexity index is 204. The van der Waals surface area contributed by atoms with Crippen molar-refractivity contribution in [2.75, 3.05) is 6.61 Å². The smallest absolute Gasteiger partial charge is 0.159 e. The van der Waals surface area contributed by atoms with Crippen LogP contribution in [-0.4, -0.2) is 11.7 Å². The minimum absolute atomic E-state index is 0.801. The second kappa shape index (κ2) is 16.9. The molecule has 0 aromatic carbocycles. The van der Waals surface area contributed by atoms with Gasteiger partial charge in [0.2, 0.25) is 0 Å². The molecule has 0 aromatic heterocycles. The lowest BCUT2D eigenvalue weighted by Crippen LogP contribution is -2.02. The van der Waals surface area contributed by atoms with Crippen LogP contribution < -0.4 is 0 Å². The van der Waals surface area contributed by atoms with Crippen LogP contribution in [0.3, 0.4) is 0 Å². The van der Waals surface area contributed by atoms with Gasteiger partial charge in [-0.15, -0.1) is 0 Å². The summed E-state index contributed by atoms with van der Waals surface area (Å²) in [7, 11) is 0. The highest BCUT2D eigenvalue weighted by Gasteiger charge is 1.96. The van der Waals surface area contributed by atoms with Crippen molar-refractivity contribution in [1.29, 1.82) is 0 Å². The molecule has 0 aliphatic carbocycles. The quantitative estimate of drug-likeness (QED) is 0.242. The molecule has 0 unspecified atom stereocenters. The summed E-state index contributed by atoms with van der Waals surface area (Å²) in [5.41, 5.74) is 0. The lowest BCUT2D eigenvalue weighted by atomic mass is 10.1. The lowest BCUT2D eigenvalue weighted by Gasteiger charge is -2.06. The minimum Gasteiger partial charge on any atom is -0.487 e. The van der Waals surface area contributed by atoms with Gasteiger partial charge in [0.25, 0.3) is 0 Å². The van der Waals surface area contributed by atoms with Crippen LogP contribution in [0, 0.1) is 0 Å². The molecular formula is C18H36OS. The summed E-state index contributed by atoms with van der Waals surface area (Å²) in [6.07, 6.45) is 18.7. The zero-order valence-corrected chi connectivity index (χ0v) is 14.7. The Hall–Kier alpha value is -0.110. The monoisotopic (exact) mass is 300 g/mol. The van der Waals surface area contributed by atoms with Crippen LogP contribution in [0.1, 0.15) is 104 Å². The molecule has 0 amide bonds. The summed E-state index contributed by atoms with van der Waals surface area (Å²) < 4.78 is 5.51. The molecule has 0 atom stereocenters. The van der Waals surface area contributed by atoms with Crippen LogP contribution >= 0.6 is 12.2 Å². The van der Waals surface area contributed by atoms with Crippen LogP contribution in [0.25, 0.3) is 0 Å². The first-order valence-corrected chi connectivity index (χ1v) is 9.37. The normalized spacial score (nSPS) is 10.7. The maximum absolute atomic E-state index is 5.51. The minimum atomic E-state index is 0.801. The van der Waals surface area contributed by atoms with E-state index in [2.05, 4.69) is 13.8 Å². The molecule has 0 fully saturated rings. The van der Waals surface area contributed by atoms with Crippen molar-refractivity contribution >= 4 is 17.3 Å². The van der Waals surface area contributed by atoms with Crippen molar-refractivity contribution in [2.45, 2.75) is 104 Å². The third-order valence-electron chi connectivity index (χ3n) is 3.72. The van der Waals surface area contributed by atoms with Crippen molar-refractivity contribution < 1.29 is 4.74 Å². The molecule has 0 spiro atoms. The van der Waals surface area contributed by atoms with Crippen LogP contribution in [-0.2, 0) is 4.74 Å². The average molecular weight is 301 g/mol. The van der Waals surface area contributed by atoms with Gasteiger partial charge in [-0.3, -0.25) is 0 Å². The Kier molecular flexibility index (Phi) is 16.8. The standard InChI is InChI=1S/C18H36OS/c1-3-5-6-7-8-9-10-11-12-13-14-15-17-19-18(20)16-4-2/h3-17H2,1-2H3. The SMILES string of the molecule is CCCCCCCCCCCCCCOC(=S)CCC. The lowest BCUT2D eigenvalue weighted by molar-refractivity contribution is 0.291. The Labute approximate surface area is 132 Å². The van der Waals surface area contributed by atoms with Gasteiger partial charge in [-0.1, -0.05) is 84.5 Å². The highest BCUT2D eigenvalue weighted by molar-refractivity contribution is 7.80. The second-order valence-electron chi connectivity index (χ2n) is 5.86. The number of hydrogen-bond donors (Lipinski definition) is 0. The Morgan fingerprint density at radius 2 is 1.10 bits per heavy atom. The third kappa shape index (κ3) is 15.9. The third-order valence-corrected chi connectivity index (χ3v) is 4.04. The van der Waals surface area contributed by atoms with Gasteiger partial charge >= 0.3 is 0 Å². The van der Waals surface area contributed by atoms with Gasteiger partial charge in [0, 0.05) is 6.42 Å². The first-order chi connectivity index (χ1) is 9.81. The van der Waals surface area contributed by atoms with E-state index in [-0.39, 0.29) is 0 Å². The predicted molar refractivity (Wildman–Crippen MR) is 94.5 cm³/mol. The van der Waals surface area contributed by atoms with E-state index in [1.807, 2.05) is 0 Å². The highest BCUT2D eigenvalue weighted by atomic mass is 32.1. The van der Waals surface area contributed by atoms with Crippen molar-refractivity contribution in [3.05, 3.63) is 0 Å². The molecular weight excluding hydrogens is 264 g/mol. The summed E-state index contributed by atoms with van der Waals surface area (Å²) in [4.78, 5) is 0. The van der Waals surface area contributed by atoms with Gasteiger partial charge in [-0.25, -0.2) is 0 Å². The molecule has 0 saturated carbocycles. The molecule has 1 nitrogen and oxygen atoms in total. The molecule has 0 bridgehead atoms. The van der Waals surface area contributed by atoms with E-state index in [9.17, 15) is 0 Å². The molecule has 0 saturated heterocycles. The Morgan fingerprint density at radius 1 is 0.650 bits per heavy atom.